The zero-order valence-electron chi connectivity index (χ0n) is 33.0. The summed E-state index contributed by atoms with van der Waals surface area (Å²) in [4.78, 5) is 14.7. The molecule has 8 rings (SSSR count). The van der Waals surface area contributed by atoms with Gasteiger partial charge in [0.25, 0.3) is 0 Å². The second-order valence-electron chi connectivity index (χ2n) is 14.8. The van der Waals surface area contributed by atoms with Gasteiger partial charge in [0.15, 0.2) is 5.82 Å². The molecule has 0 atom stereocenters. The number of hydrogen-bond acceptors (Lipinski definition) is 4. The van der Waals surface area contributed by atoms with Gasteiger partial charge in [0.2, 0.25) is 0 Å². The summed E-state index contributed by atoms with van der Waals surface area (Å²) in [5, 5.41) is 0. The highest BCUT2D eigenvalue weighted by molar-refractivity contribution is 5.87. The average Bonchev–Trinajstić information content (AvgIpc) is 3.21. The maximum absolute atomic E-state index is 5.08. The van der Waals surface area contributed by atoms with Crippen LogP contribution in [0.4, 0.5) is 34.3 Å². The fraction of sp³-hybridized carbons (Fsp3) is 0.115. The molecule has 0 amide bonds. The van der Waals surface area contributed by atoms with Crippen LogP contribution in [0.1, 0.15) is 33.4 Å². The maximum Gasteiger partial charge on any atom is 0.156 e. The van der Waals surface area contributed by atoms with E-state index >= 15 is 0 Å². The molecule has 1 aromatic heterocycles. The Hall–Kier alpha value is -6.78. The summed E-state index contributed by atoms with van der Waals surface area (Å²) in [6.45, 7) is 13.2. The summed E-state index contributed by atoms with van der Waals surface area (Å²) in [6.07, 6.45) is 3.76. The highest BCUT2D eigenvalue weighted by Crippen LogP contribution is 2.45. The summed E-state index contributed by atoms with van der Waals surface area (Å²) >= 11 is 0. The highest BCUT2D eigenvalue weighted by Gasteiger charge is 2.23. The molecule has 1 heterocycles. The van der Waals surface area contributed by atoms with Gasteiger partial charge in [-0.2, -0.15) is 0 Å². The third kappa shape index (κ3) is 7.34. The number of rotatable bonds is 9. The van der Waals surface area contributed by atoms with Crippen LogP contribution in [-0.4, -0.2) is 9.97 Å². The van der Waals surface area contributed by atoms with E-state index < -0.39 is 0 Å². The number of aryl methyl sites for hydroxylation is 6. The molecule has 0 saturated carbocycles. The number of benzene rings is 7. The summed E-state index contributed by atoms with van der Waals surface area (Å²) in [6, 6.07) is 56.2. The van der Waals surface area contributed by atoms with Gasteiger partial charge >= 0.3 is 0 Å². The molecular weight excluding hydrogens is 681 g/mol. The molecule has 0 saturated heterocycles. The average molecular weight is 727 g/mol. The van der Waals surface area contributed by atoms with Crippen LogP contribution in [0.15, 0.2) is 170 Å². The quantitative estimate of drug-likeness (QED) is 0.148. The van der Waals surface area contributed by atoms with Crippen LogP contribution in [0.2, 0.25) is 0 Å². The predicted octanol–water partition coefficient (Wildman–Crippen LogP) is 14.3. The molecule has 0 aliphatic carbocycles. The predicted molar refractivity (Wildman–Crippen MR) is 236 cm³/mol. The minimum atomic E-state index is 0.731. The van der Waals surface area contributed by atoms with Crippen LogP contribution in [0.3, 0.4) is 0 Å². The van der Waals surface area contributed by atoms with Gasteiger partial charge in [0.05, 0.1) is 29.5 Å². The zero-order valence-corrected chi connectivity index (χ0v) is 33.0. The summed E-state index contributed by atoms with van der Waals surface area (Å²) < 4.78 is 0. The van der Waals surface area contributed by atoms with Crippen molar-refractivity contribution >= 4 is 34.3 Å². The third-order valence-corrected chi connectivity index (χ3v) is 10.4. The maximum atomic E-state index is 5.08. The molecule has 4 nitrogen and oxygen atoms in total. The lowest BCUT2D eigenvalue weighted by atomic mass is 9.97. The van der Waals surface area contributed by atoms with Gasteiger partial charge in [-0.15, -0.1) is 0 Å². The van der Waals surface area contributed by atoms with Crippen LogP contribution in [0, 0.1) is 41.5 Å². The summed E-state index contributed by atoms with van der Waals surface area (Å²) in [5.74, 6) is 0.731. The van der Waals surface area contributed by atoms with Crippen molar-refractivity contribution in [1.82, 2.24) is 9.97 Å². The fourth-order valence-corrected chi connectivity index (χ4v) is 8.11. The Balaban J connectivity index is 1.31. The zero-order chi connectivity index (χ0) is 38.8. The van der Waals surface area contributed by atoms with E-state index in [4.69, 9.17) is 9.97 Å². The van der Waals surface area contributed by atoms with Crippen LogP contribution >= 0.6 is 0 Å². The van der Waals surface area contributed by atoms with E-state index in [1.165, 1.54) is 44.8 Å². The Morgan fingerprint density at radius 3 is 1.16 bits per heavy atom. The van der Waals surface area contributed by atoms with E-state index in [1.807, 2.05) is 30.6 Å². The smallest absolute Gasteiger partial charge is 0.156 e. The van der Waals surface area contributed by atoms with Crippen LogP contribution < -0.4 is 9.80 Å². The summed E-state index contributed by atoms with van der Waals surface area (Å²) in [7, 11) is 0. The van der Waals surface area contributed by atoms with Crippen molar-refractivity contribution in [2.45, 2.75) is 41.5 Å². The van der Waals surface area contributed by atoms with E-state index in [-0.39, 0.29) is 0 Å². The molecule has 0 aliphatic rings. The van der Waals surface area contributed by atoms with Gasteiger partial charge in [-0.3, -0.25) is 9.88 Å². The first-order chi connectivity index (χ1) is 27.2. The van der Waals surface area contributed by atoms with Crippen molar-refractivity contribution in [3.8, 4) is 33.5 Å². The van der Waals surface area contributed by atoms with Crippen molar-refractivity contribution in [1.29, 1.82) is 0 Å². The van der Waals surface area contributed by atoms with Gasteiger partial charge < -0.3 is 4.90 Å². The molecule has 8 aromatic rings. The Morgan fingerprint density at radius 1 is 0.339 bits per heavy atom. The largest absolute Gasteiger partial charge is 0.309 e. The van der Waals surface area contributed by atoms with Gasteiger partial charge in [-0.25, -0.2) is 4.98 Å². The van der Waals surface area contributed by atoms with E-state index in [1.54, 1.807) is 0 Å². The third-order valence-electron chi connectivity index (χ3n) is 10.4. The fourth-order valence-electron chi connectivity index (χ4n) is 8.11. The van der Waals surface area contributed by atoms with E-state index in [2.05, 4.69) is 191 Å². The van der Waals surface area contributed by atoms with Crippen molar-refractivity contribution in [3.05, 3.63) is 203 Å². The molecule has 4 heteroatoms. The summed E-state index contributed by atoms with van der Waals surface area (Å²) in [5.41, 5.74) is 19.4. The van der Waals surface area contributed by atoms with Crippen molar-refractivity contribution in [3.63, 3.8) is 0 Å². The van der Waals surface area contributed by atoms with Gasteiger partial charge in [0.1, 0.15) is 0 Å². The number of anilines is 6. The topological polar surface area (TPSA) is 32.3 Å². The lowest BCUT2D eigenvalue weighted by Crippen LogP contribution is -2.16. The van der Waals surface area contributed by atoms with Crippen molar-refractivity contribution in [2.75, 3.05) is 9.80 Å². The SMILES string of the molecule is Cc1cc(C)c(N(c2ccc(N(c3cc(-c4ccccc4)cc(-c4ccccc4)c3)c3cnc(-c4ccccc4)cn3)cc2)c2c(C)cc(C)cc2C)c(C)c1. The monoisotopic (exact) mass is 726 g/mol. The molecule has 0 aliphatic heterocycles. The Labute approximate surface area is 331 Å². The first-order valence-electron chi connectivity index (χ1n) is 19.2. The number of nitrogens with zero attached hydrogens (tertiary/aromatic N) is 4. The minimum absolute atomic E-state index is 0.731. The van der Waals surface area contributed by atoms with Crippen LogP contribution in [0.5, 0.6) is 0 Å². The molecule has 274 valence electrons. The van der Waals surface area contributed by atoms with Gasteiger partial charge in [-0.05, 0) is 129 Å². The molecule has 0 spiro atoms. The standard InChI is InChI=1S/C52H46N4/c1-35-26-37(3)51(38(4)27-35)56(52-39(5)28-36(2)29-40(52)6)47-24-22-46(23-25-47)55(50-34-53-49(33-54-50)43-20-14-9-15-21-43)48-31-44(41-16-10-7-11-17-41)30-45(32-48)42-18-12-8-13-19-42/h7-34H,1-6H3. The number of hydrogen-bond donors (Lipinski definition) is 0. The van der Waals surface area contributed by atoms with Crippen molar-refractivity contribution < 1.29 is 0 Å². The lowest BCUT2D eigenvalue weighted by Gasteiger charge is -2.32. The second kappa shape index (κ2) is 15.5. The lowest BCUT2D eigenvalue weighted by molar-refractivity contribution is 1.12. The highest BCUT2D eigenvalue weighted by atomic mass is 15.2. The molecule has 7 aromatic carbocycles. The van der Waals surface area contributed by atoms with E-state index in [0.717, 1.165) is 56.4 Å². The van der Waals surface area contributed by atoms with Crippen molar-refractivity contribution in [2.24, 2.45) is 0 Å². The van der Waals surface area contributed by atoms with Crippen LogP contribution in [-0.2, 0) is 0 Å². The molecular formula is C52H46N4. The molecule has 56 heavy (non-hydrogen) atoms. The molecule has 0 radical (unpaired) electrons. The molecule has 0 bridgehead atoms. The Morgan fingerprint density at radius 2 is 0.750 bits per heavy atom. The molecule has 0 unspecified atom stereocenters. The number of aromatic nitrogens is 2. The Kier molecular flexibility index (Phi) is 10.0. The first kappa shape index (κ1) is 36.2. The van der Waals surface area contributed by atoms with E-state index in [0.29, 0.717) is 0 Å². The van der Waals surface area contributed by atoms with Gasteiger partial charge in [-0.1, -0.05) is 126 Å². The van der Waals surface area contributed by atoms with E-state index in [9.17, 15) is 0 Å². The normalized spacial score (nSPS) is 11.0. The molecule has 0 fully saturated rings. The second-order valence-corrected chi connectivity index (χ2v) is 14.8. The van der Waals surface area contributed by atoms with Gasteiger partial charge in [0, 0.05) is 22.6 Å². The van der Waals surface area contributed by atoms with Crippen LogP contribution in [0.25, 0.3) is 33.5 Å². The Bertz CT molecular complexity index is 2450. The first-order valence-corrected chi connectivity index (χ1v) is 19.2. The molecule has 0 N–H and O–H groups in total. The minimum Gasteiger partial charge on any atom is -0.309 e.